The first-order valence-electron chi connectivity index (χ1n) is 16.9. The van der Waals surface area contributed by atoms with Gasteiger partial charge in [0.05, 0.1) is 0 Å². The van der Waals surface area contributed by atoms with Crippen LogP contribution >= 0.6 is 11.6 Å². The molecule has 0 aromatic heterocycles. The van der Waals surface area contributed by atoms with E-state index in [2.05, 4.69) is 22.5 Å². The fourth-order valence-electron chi connectivity index (χ4n) is 6.27. The van der Waals surface area contributed by atoms with E-state index in [1.54, 1.807) is 63.2 Å². The summed E-state index contributed by atoms with van der Waals surface area (Å²) in [6.07, 6.45) is 1.61. The molecule has 2 aliphatic heterocycles. The number of benzene rings is 3. The molecule has 0 aliphatic carbocycles. The summed E-state index contributed by atoms with van der Waals surface area (Å²) in [4.78, 5) is 67.5. The van der Waals surface area contributed by atoms with Crippen molar-refractivity contribution in [1.82, 2.24) is 20.4 Å². The molecular weight excluding hydrogens is 697 g/mol. The Labute approximate surface area is 304 Å². The number of carbonyl (C=O) groups is 5. The molecule has 2 N–H and O–H groups in total. The zero-order valence-corrected chi connectivity index (χ0v) is 29.7. The number of fused-ring (bicyclic) bond motifs is 1. The summed E-state index contributed by atoms with van der Waals surface area (Å²) in [5.74, 6) is -0.436. The van der Waals surface area contributed by atoms with E-state index in [1.165, 1.54) is 9.80 Å². The Morgan fingerprint density at radius 1 is 1.04 bits per heavy atom. The first-order chi connectivity index (χ1) is 24.6. The highest BCUT2D eigenvalue weighted by Gasteiger charge is 2.40. The van der Waals surface area contributed by atoms with E-state index >= 15 is 0 Å². The van der Waals surface area contributed by atoms with Crippen LogP contribution in [-0.2, 0) is 32.3 Å². The number of hydrogen-bond acceptors (Lipinski definition) is 5. The van der Waals surface area contributed by atoms with Crippen LogP contribution in [0.1, 0.15) is 97.9 Å². The first-order valence-corrected chi connectivity index (χ1v) is 17.3. The smallest absolute Gasteiger partial charge is 0.255 e. The minimum absolute atomic E-state index is 0.0309. The van der Waals surface area contributed by atoms with E-state index < -0.39 is 52.8 Å². The molecule has 3 aromatic carbocycles. The lowest BCUT2D eigenvalue weighted by atomic mass is 10.00. The van der Waals surface area contributed by atoms with Gasteiger partial charge in [-0.2, -0.15) is 0 Å². The van der Waals surface area contributed by atoms with Crippen LogP contribution in [0.5, 0.6) is 0 Å². The number of hydrogen-bond donors (Lipinski definition) is 2. The van der Waals surface area contributed by atoms with Crippen molar-refractivity contribution in [2.45, 2.75) is 90.0 Å². The van der Waals surface area contributed by atoms with Gasteiger partial charge in [-0.15, -0.1) is 0 Å². The Balaban J connectivity index is 1.30. The second-order valence-electron chi connectivity index (χ2n) is 13.8. The van der Waals surface area contributed by atoms with Crippen molar-refractivity contribution in [3.8, 4) is 11.8 Å². The number of nitrogens with one attached hydrogen (secondary N) is 2. The average Bonchev–Trinajstić information content (AvgIpc) is 3.41. The SMILES string of the molecule is CC(C)(C)NC(=O)C(c1ccc(Cl)cc1)N(Cc1cc(F)c(F)c(F)c1)C(=O)CCCCC#Cc1cccc2c1CN(C1CCC(=O)NC1=O)C2=O. The lowest BCUT2D eigenvalue weighted by Crippen LogP contribution is -2.52. The number of carbonyl (C=O) groups excluding carboxylic acids is 5. The fraction of sp³-hybridized carbons (Fsp3) is 0.359. The van der Waals surface area contributed by atoms with Crippen molar-refractivity contribution in [1.29, 1.82) is 0 Å². The normalized spacial score (nSPS) is 16.1. The number of unbranched alkanes of at least 4 members (excludes halogenated alkanes) is 2. The number of amides is 5. The number of nitrogens with zero attached hydrogens (tertiary/aromatic N) is 2. The molecule has 2 heterocycles. The second-order valence-corrected chi connectivity index (χ2v) is 14.3. The molecule has 2 aliphatic rings. The van der Waals surface area contributed by atoms with Gasteiger partial charge in [0.1, 0.15) is 12.1 Å². The van der Waals surface area contributed by atoms with Crippen LogP contribution in [0.2, 0.25) is 5.02 Å². The van der Waals surface area contributed by atoms with Gasteiger partial charge in [-0.3, -0.25) is 29.3 Å². The third-order valence-electron chi connectivity index (χ3n) is 8.71. The minimum Gasteiger partial charge on any atom is -0.349 e. The van der Waals surface area contributed by atoms with Gasteiger partial charge in [0, 0.05) is 54.0 Å². The monoisotopic (exact) mass is 734 g/mol. The van der Waals surface area contributed by atoms with Gasteiger partial charge in [-0.25, -0.2) is 13.2 Å². The lowest BCUT2D eigenvalue weighted by molar-refractivity contribution is -0.142. The van der Waals surface area contributed by atoms with Gasteiger partial charge >= 0.3 is 0 Å². The van der Waals surface area contributed by atoms with Crippen LogP contribution in [0.25, 0.3) is 0 Å². The lowest BCUT2D eigenvalue weighted by Gasteiger charge is -2.34. The summed E-state index contributed by atoms with van der Waals surface area (Å²) in [6, 6.07) is 11.2. The third kappa shape index (κ3) is 9.01. The number of imide groups is 1. The molecular formula is C39H38ClF3N4O5. The van der Waals surface area contributed by atoms with Gasteiger partial charge in [-0.1, -0.05) is 41.6 Å². The summed E-state index contributed by atoms with van der Waals surface area (Å²) >= 11 is 6.10. The number of piperidine rings is 1. The average molecular weight is 735 g/mol. The van der Waals surface area contributed by atoms with Gasteiger partial charge in [0.15, 0.2) is 17.5 Å². The molecule has 3 aromatic rings. The third-order valence-corrected chi connectivity index (χ3v) is 8.96. The zero-order valence-electron chi connectivity index (χ0n) is 29.0. The van der Waals surface area contributed by atoms with Crippen LogP contribution in [0.4, 0.5) is 13.2 Å². The molecule has 0 spiro atoms. The molecule has 0 radical (unpaired) electrons. The largest absolute Gasteiger partial charge is 0.349 e. The molecule has 272 valence electrons. The predicted molar refractivity (Wildman–Crippen MR) is 187 cm³/mol. The summed E-state index contributed by atoms with van der Waals surface area (Å²) < 4.78 is 42.3. The molecule has 5 amide bonds. The van der Waals surface area contributed by atoms with Crippen molar-refractivity contribution in [3.63, 3.8) is 0 Å². The van der Waals surface area contributed by atoms with E-state index in [9.17, 15) is 37.1 Å². The Morgan fingerprint density at radius 3 is 2.38 bits per heavy atom. The van der Waals surface area contributed by atoms with Gasteiger partial charge < -0.3 is 15.1 Å². The highest BCUT2D eigenvalue weighted by atomic mass is 35.5. The molecule has 0 bridgehead atoms. The predicted octanol–water partition coefficient (Wildman–Crippen LogP) is 6.12. The molecule has 9 nitrogen and oxygen atoms in total. The number of rotatable bonds is 10. The van der Waals surface area contributed by atoms with Crippen LogP contribution in [0, 0.1) is 29.3 Å². The van der Waals surface area contributed by atoms with E-state index in [0.717, 1.165) is 12.1 Å². The summed E-state index contributed by atoms with van der Waals surface area (Å²) in [7, 11) is 0. The fourth-order valence-corrected chi connectivity index (χ4v) is 6.40. The van der Waals surface area contributed by atoms with Crippen molar-refractivity contribution < 1.29 is 37.1 Å². The molecule has 52 heavy (non-hydrogen) atoms. The van der Waals surface area contributed by atoms with Gasteiger partial charge in [-0.05, 0) is 93.1 Å². The Bertz CT molecular complexity index is 1950. The number of halogens is 4. The van der Waals surface area contributed by atoms with Crippen molar-refractivity contribution >= 4 is 41.1 Å². The zero-order chi connectivity index (χ0) is 37.7. The quantitative estimate of drug-likeness (QED) is 0.113. The van der Waals surface area contributed by atoms with Crippen LogP contribution < -0.4 is 10.6 Å². The Kier molecular flexibility index (Phi) is 11.7. The van der Waals surface area contributed by atoms with Crippen molar-refractivity contribution in [3.05, 3.63) is 105 Å². The molecule has 0 saturated carbocycles. The maximum Gasteiger partial charge on any atom is 0.255 e. The van der Waals surface area contributed by atoms with Gasteiger partial charge in [0.25, 0.3) is 5.91 Å². The minimum atomic E-state index is -1.64. The second kappa shape index (κ2) is 16.0. The Morgan fingerprint density at radius 2 is 1.73 bits per heavy atom. The standard InChI is InChI=1S/C39H38ClF3N4O5/c1-39(2,3)45-37(51)35(25-13-15-26(40)16-14-25)47(21-23-19-29(41)34(43)30(42)20-23)33(49)12-7-5-4-6-9-24-10-8-11-27-28(24)22-46(38(27)52)31-17-18-32(48)44-36(31)50/h8,10-11,13-16,19-20,31,35H,4-5,7,12,17-18,21-22H2,1-3H3,(H,45,51)(H,44,48,50). The highest BCUT2D eigenvalue weighted by molar-refractivity contribution is 6.30. The molecule has 1 fully saturated rings. The molecule has 1 saturated heterocycles. The molecule has 5 rings (SSSR count). The van der Waals surface area contributed by atoms with Crippen LogP contribution in [-0.4, -0.2) is 50.9 Å². The molecule has 2 atom stereocenters. The summed E-state index contributed by atoms with van der Waals surface area (Å²) in [5.41, 5.74) is 1.48. The maximum atomic E-state index is 14.2. The summed E-state index contributed by atoms with van der Waals surface area (Å²) in [6.45, 7) is 5.13. The van der Waals surface area contributed by atoms with E-state index in [4.69, 9.17) is 11.6 Å². The Hall–Kier alpha value is -5.15. The maximum absolute atomic E-state index is 14.2. The van der Waals surface area contributed by atoms with Gasteiger partial charge in [0.2, 0.25) is 23.6 Å². The topological polar surface area (TPSA) is 116 Å². The van der Waals surface area contributed by atoms with Crippen molar-refractivity contribution in [2.24, 2.45) is 0 Å². The first kappa shape index (κ1) is 38.1. The van der Waals surface area contributed by atoms with Crippen LogP contribution in [0.15, 0.2) is 54.6 Å². The van der Waals surface area contributed by atoms with E-state index in [-0.39, 0.29) is 49.7 Å². The molecule has 2 unspecified atom stereocenters. The summed E-state index contributed by atoms with van der Waals surface area (Å²) in [5, 5.41) is 5.57. The van der Waals surface area contributed by atoms with E-state index in [1.807, 2.05) is 0 Å². The van der Waals surface area contributed by atoms with E-state index in [0.29, 0.717) is 46.5 Å². The van der Waals surface area contributed by atoms with Crippen molar-refractivity contribution in [2.75, 3.05) is 0 Å². The molecule has 13 heteroatoms. The highest BCUT2D eigenvalue weighted by Crippen LogP contribution is 2.30. The van der Waals surface area contributed by atoms with Crippen LogP contribution in [0.3, 0.4) is 0 Å².